The number of carbonyl (C=O) groups is 1. The maximum atomic E-state index is 11.6. The van der Waals surface area contributed by atoms with E-state index in [1.165, 1.54) is 12.2 Å². The highest BCUT2D eigenvalue weighted by Crippen LogP contribution is 2.23. The van der Waals surface area contributed by atoms with Crippen LogP contribution in [0.15, 0.2) is 24.3 Å². The van der Waals surface area contributed by atoms with Crippen molar-refractivity contribution in [1.29, 1.82) is 0 Å². The van der Waals surface area contributed by atoms with Gasteiger partial charge < -0.3 is 0 Å². The number of alkyl halides is 1. The molecule has 3 nitrogen and oxygen atoms in total. The van der Waals surface area contributed by atoms with Crippen molar-refractivity contribution in [3.05, 3.63) is 29.8 Å². The smallest absolute Gasteiger partial charge is 0.250 e. The Kier molecular flexibility index (Phi) is 4.78. The van der Waals surface area contributed by atoms with Crippen LogP contribution in [0.2, 0.25) is 0 Å². The maximum absolute atomic E-state index is 11.6. The number of carbonyl (C=O) groups excluding carboxylic acids is 1. The lowest BCUT2D eigenvalue weighted by atomic mass is 10.2. The van der Waals surface area contributed by atoms with Gasteiger partial charge in [-0.2, -0.15) is 5.06 Å². The molecule has 0 spiro atoms. The average Bonchev–Trinajstić information content (AvgIpc) is 2.30. The second-order valence-corrected chi connectivity index (χ2v) is 3.55. The summed E-state index contributed by atoms with van der Waals surface area (Å²) < 4.78 is 0. The molecule has 0 aliphatic rings. The zero-order valence-corrected chi connectivity index (χ0v) is 10.5. The lowest BCUT2D eigenvalue weighted by Crippen LogP contribution is -2.29. The Morgan fingerprint density at radius 1 is 1.47 bits per heavy atom. The van der Waals surface area contributed by atoms with Gasteiger partial charge in [-0.1, -0.05) is 41.1 Å². The minimum atomic E-state index is -0.0501. The van der Waals surface area contributed by atoms with Crippen LogP contribution in [0.25, 0.3) is 0 Å². The monoisotopic (exact) mass is 271 g/mol. The summed E-state index contributed by atoms with van der Waals surface area (Å²) in [4.78, 5) is 16.7. The van der Waals surface area contributed by atoms with Crippen LogP contribution in [0, 0.1) is 0 Å². The van der Waals surface area contributed by atoms with Gasteiger partial charge in [0, 0.05) is 11.8 Å². The van der Waals surface area contributed by atoms with E-state index in [1.54, 1.807) is 0 Å². The summed E-state index contributed by atoms with van der Waals surface area (Å²) in [5.74, 6) is -0.0501. The van der Waals surface area contributed by atoms with Crippen LogP contribution in [0.4, 0.5) is 5.69 Å². The van der Waals surface area contributed by atoms with E-state index in [9.17, 15) is 4.79 Å². The van der Waals surface area contributed by atoms with Crippen LogP contribution < -0.4 is 5.06 Å². The highest BCUT2D eigenvalue weighted by atomic mass is 79.9. The minimum absolute atomic E-state index is 0.0501. The number of hydroxylamine groups is 1. The van der Waals surface area contributed by atoms with E-state index in [0.29, 0.717) is 11.8 Å². The fourth-order valence-electron chi connectivity index (χ4n) is 1.30. The molecule has 0 N–H and O–H groups in total. The number of hydrogen-bond acceptors (Lipinski definition) is 2. The van der Waals surface area contributed by atoms with Gasteiger partial charge in [-0.3, -0.25) is 9.63 Å². The Morgan fingerprint density at radius 2 is 2.13 bits per heavy atom. The number of nitrogens with zero attached hydrogens (tertiary/aromatic N) is 1. The Hall–Kier alpha value is -0.870. The summed E-state index contributed by atoms with van der Waals surface area (Å²) >= 11 is 3.38. The summed E-state index contributed by atoms with van der Waals surface area (Å²) in [7, 11) is 1.50. The van der Waals surface area contributed by atoms with Crippen molar-refractivity contribution in [2.75, 3.05) is 12.2 Å². The zero-order chi connectivity index (χ0) is 11.3. The third-order valence-electron chi connectivity index (χ3n) is 2.07. The van der Waals surface area contributed by atoms with Crippen molar-refractivity contribution >= 4 is 27.5 Å². The predicted octanol–water partition coefficient (Wildman–Crippen LogP) is 2.89. The molecule has 0 unspecified atom stereocenters. The van der Waals surface area contributed by atoms with Gasteiger partial charge in [-0.05, 0) is 11.6 Å². The Balaban J connectivity index is 3.05. The summed E-state index contributed by atoms with van der Waals surface area (Å²) in [5.41, 5.74) is 1.82. The van der Waals surface area contributed by atoms with Gasteiger partial charge in [0.1, 0.15) is 0 Å². The van der Waals surface area contributed by atoms with E-state index in [1.807, 2.05) is 31.2 Å². The van der Waals surface area contributed by atoms with Gasteiger partial charge in [0.25, 0.3) is 5.91 Å². The molecule has 4 heteroatoms. The number of anilines is 1. The molecule has 0 aromatic heterocycles. The van der Waals surface area contributed by atoms with Crippen molar-refractivity contribution in [3.8, 4) is 0 Å². The fourth-order valence-corrected chi connectivity index (χ4v) is 1.77. The molecule has 82 valence electrons. The van der Waals surface area contributed by atoms with E-state index >= 15 is 0 Å². The average molecular weight is 272 g/mol. The molecule has 0 heterocycles. The second-order valence-electron chi connectivity index (χ2n) is 2.99. The zero-order valence-electron chi connectivity index (χ0n) is 8.87. The number of halogens is 1. The first kappa shape index (κ1) is 12.2. The molecule has 0 aliphatic carbocycles. The first-order valence-electron chi connectivity index (χ1n) is 4.75. The van der Waals surface area contributed by atoms with E-state index in [0.717, 1.165) is 11.3 Å². The normalized spacial score (nSPS) is 10.1. The van der Waals surface area contributed by atoms with Gasteiger partial charge in [0.05, 0.1) is 12.8 Å². The first-order chi connectivity index (χ1) is 7.24. The summed E-state index contributed by atoms with van der Waals surface area (Å²) in [5, 5.41) is 2.02. The van der Waals surface area contributed by atoms with Gasteiger partial charge >= 0.3 is 0 Å². The molecule has 0 saturated heterocycles. The molecule has 0 radical (unpaired) electrons. The standard InChI is InChI=1S/C11H14BrNO2/c1-3-11(14)13(15-2)10-7-5-4-6-9(10)8-12/h4-7H,3,8H2,1-2H3. The topological polar surface area (TPSA) is 29.5 Å². The third-order valence-corrected chi connectivity index (χ3v) is 2.67. The van der Waals surface area contributed by atoms with E-state index in [4.69, 9.17) is 4.84 Å². The van der Waals surface area contributed by atoms with Gasteiger partial charge in [0.15, 0.2) is 0 Å². The molecule has 0 atom stereocenters. The third kappa shape index (κ3) is 2.79. The molecule has 1 amide bonds. The molecular weight excluding hydrogens is 258 g/mol. The summed E-state index contributed by atoms with van der Waals surface area (Å²) in [6.45, 7) is 1.81. The molecule has 0 fully saturated rings. The molecule has 1 rings (SSSR count). The number of rotatable bonds is 4. The van der Waals surface area contributed by atoms with Gasteiger partial charge in [-0.25, -0.2) is 0 Å². The molecule has 0 saturated carbocycles. The Bertz CT molecular complexity index is 341. The Labute approximate surface area is 98.1 Å². The second kappa shape index (κ2) is 5.88. The quantitative estimate of drug-likeness (QED) is 0.623. The minimum Gasteiger partial charge on any atom is -0.272 e. The number of benzene rings is 1. The SMILES string of the molecule is CCC(=O)N(OC)c1ccccc1CBr. The van der Waals surface area contributed by atoms with Crippen molar-refractivity contribution in [1.82, 2.24) is 0 Å². The van der Waals surface area contributed by atoms with Crippen LogP contribution in [-0.4, -0.2) is 13.0 Å². The molecule has 0 bridgehead atoms. The van der Waals surface area contributed by atoms with Crippen LogP contribution in [-0.2, 0) is 15.0 Å². The van der Waals surface area contributed by atoms with E-state index in [2.05, 4.69) is 15.9 Å². The molecule has 0 aliphatic heterocycles. The highest BCUT2D eigenvalue weighted by molar-refractivity contribution is 9.08. The molecular formula is C11H14BrNO2. The molecule has 15 heavy (non-hydrogen) atoms. The largest absolute Gasteiger partial charge is 0.272 e. The van der Waals surface area contributed by atoms with Crippen molar-refractivity contribution in [2.45, 2.75) is 18.7 Å². The van der Waals surface area contributed by atoms with Crippen LogP contribution >= 0.6 is 15.9 Å². The van der Waals surface area contributed by atoms with E-state index < -0.39 is 0 Å². The van der Waals surface area contributed by atoms with Crippen LogP contribution in [0.5, 0.6) is 0 Å². The van der Waals surface area contributed by atoms with Crippen LogP contribution in [0.1, 0.15) is 18.9 Å². The summed E-state index contributed by atoms with van der Waals surface area (Å²) in [6, 6.07) is 7.65. The fraction of sp³-hybridized carbons (Fsp3) is 0.364. The lowest BCUT2D eigenvalue weighted by molar-refractivity contribution is -0.124. The Morgan fingerprint density at radius 3 is 2.67 bits per heavy atom. The first-order valence-corrected chi connectivity index (χ1v) is 5.87. The van der Waals surface area contributed by atoms with Gasteiger partial charge in [0.2, 0.25) is 0 Å². The maximum Gasteiger partial charge on any atom is 0.250 e. The predicted molar refractivity (Wildman–Crippen MR) is 63.9 cm³/mol. The summed E-state index contributed by atoms with van der Waals surface area (Å²) in [6.07, 6.45) is 0.421. The number of para-hydroxylation sites is 1. The number of amides is 1. The van der Waals surface area contributed by atoms with E-state index in [-0.39, 0.29) is 5.91 Å². The van der Waals surface area contributed by atoms with Crippen molar-refractivity contribution in [2.24, 2.45) is 0 Å². The molecule has 1 aromatic rings. The van der Waals surface area contributed by atoms with Crippen LogP contribution in [0.3, 0.4) is 0 Å². The van der Waals surface area contributed by atoms with Gasteiger partial charge in [-0.15, -0.1) is 0 Å². The highest BCUT2D eigenvalue weighted by Gasteiger charge is 2.15. The molecule has 1 aromatic carbocycles. The van der Waals surface area contributed by atoms with Crippen molar-refractivity contribution in [3.63, 3.8) is 0 Å². The number of hydrogen-bond donors (Lipinski definition) is 0. The lowest BCUT2D eigenvalue weighted by Gasteiger charge is -2.21. The van der Waals surface area contributed by atoms with Crippen molar-refractivity contribution < 1.29 is 9.63 Å².